The molecule has 1 aromatic heterocycles. The summed E-state index contributed by atoms with van der Waals surface area (Å²) in [5.74, 6) is 0. The number of hydrogen-bond donors (Lipinski definition) is 1. The summed E-state index contributed by atoms with van der Waals surface area (Å²) in [5, 5.41) is 9.76. The van der Waals surface area contributed by atoms with Gasteiger partial charge in [0.2, 0.25) is 0 Å². The predicted molar refractivity (Wildman–Crippen MR) is 48.4 cm³/mol. The van der Waals surface area contributed by atoms with Crippen molar-refractivity contribution in [3.8, 4) is 0 Å². The average Bonchev–Trinajstić information content (AvgIpc) is 2.16. The minimum absolute atomic E-state index is 0.147. The van der Waals surface area contributed by atoms with Gasteiger partial charge in [-0.3, -0.25) is 0 Å². The van der Waals surface area contributed by atoms with Crippen LogP contribution in [0.1, 0.15) is 5.56 Å². The quantitative estimate of drug-likeness (QED) is 0.666. The molecule has 1 heterocycles. The van der Waals surface area contributed by atoms with Crippen molar-refractivity contribution in [3.63, 3.8) is 0 Å². The maximum absolute atomic E-state index is 11.0. The van der Waals surface area contributed by atoms with E-state index in [-0.39, 0.29) is 6.61 Å². The summed E-state index contributed by atoms with van der Waals surface area (Å²) in [4.78, 5) is 11.0. The highest BCUT2D eigenvalue weighted by Gasteiger charge is 2.02. The van der Waals surface area contributed by atoms with Gasteiger partial charge in [-0.05, 0) is 11.6 Å². The highest BCUT2D eigenvalue weighted by atomic mass is 16.4. The van der Waals surface area contributed by atoms with Crippen molar-refractivity contribution in [1.82, 2.24) is 0 Å². The number of aliphatic hydroxyl groups excluding tert-OH is 1. The molecule has 0 amide bonds. The zero-order valence-electron chi connectivity index (χ0n) is 6.86. The molecule has 2 rings (SSSR count). The number of aliphatic hydroxyl groups is 1. The summed E-state index contributed by atoms with van der Waals surface area (Å²) in [5.41, 5.74) is 0.689. The Bertz CT molecular complexity index is 485. The molecule has 3 heteroatoms. The van der Waals surface area contributed by atoms with E-state index < -0.39 is 5.63 Å². The van der Waals surface area contributed by atoms with Crippen LogP contribution in [-0.4, -0.2) is 5.11 Å². The number of hydrogen-bond acceptors (Lipinski definition) is 3. The van der Waals surface area contributed by atoms with Gasteiger partial charge in [-0.1, -0.05) is 18.2 Å². The summed E-state index contributed by atoms with van der Waals surface area (Å²) in [7, 11) is 0. The molecule has 66 valence electrons. The van der Waals surface area contributed by atoms with E-state index in [2.05, 4.69) is 0 Å². The molecule has 0 radical (unpaired) electrons. The molecule has 0 atom stereocenters. The van der Waals surface area contributed by atoms with Crippen LogP contribution in [0.25, 0.3) is 11.0 Å². The van der Waals surface area contributed by atoms with E-state index in [1.807, 2.05) is 12.1 Å². The number of rotatable bonds is 1. The van der Waals surface area contributed by atoms with Gasteiger partial charge in [0.15, 0.2) is 0 Å². The molecule has 0 fully saturated rings. The fraction of sp³-hybridized carbons (Fsp3) is 0.100. The Morgan fingerprint density at radius 2 is 2.08 bits per heavy atom. The maximum Gasteiger partial charge on any atom is 0.336 e. The highest BCUT2D eigenvalue weighted by molar-refractivity contribution is 5.79. The topological polar surface area (TPSA) is 50.4 Å². The van der Waals surface area contributed by atoms with E-state index in [1.165, 1.54) is 6.07 Å². The first-order valence-electron chi connectivity index (χ1n) is 3.94. The van der Waals surface area contributed by atoms with Crippen molar-refractivity contribution in [3.05, 3.63) is 46.3 Å². The van der Waals surface area contributed by atoms with Crippen LogP contribution in [0, 0.1) is 0 Å². The lowest BCUT2D eigenvalue weighted by Gasteiger charge is -2.00. The predicted octanol–water partition coefficient (Wildman–Crippen LogP) is 1.29. The van der Waals surface area contributed by atoms with Gasteiger partial charge in [-0.15, -0.1) is 0 Å². The van der Waals surface area contributed by atoms with E-state index in [1.54, 1.807) is 12.1 Å². The second-order valence-corrected chi connectivity index (χ2v) is 2.74. The Balaban J connectivity index is 2.89. The minimum Gasteiger partial charge on any atom is -0.423 e. The molecule has 3 nitrogen and oxygen atoms in total. The molecule has 0 aliphatic carbocycles. The van der Waals surface area contributed by atoms with Crippen LogP contribution in [0.3, 0.4) is 0 Å². The second-order valence-electron chi connectivity index (χ2n) is 2.74. The van der Waals surface area contributed by atoms with Gasteiger partial charge in [0.05, 0.1) is 6.61 Å². The van der Waals surface area contributed by atoms with Crippen LogP contribution in [0.15, 0.2) is 39.5 Å². The molecule has 13 heavy (non-hydrogen) atoms. The third-order valence-electron chi connectivity index (χ3n) is 1.91. The van der Waals surface area contributed by atoms with Crippen LogP contribution in [0.5, 0.6) is 0 Å². The van der Waals surface area contributed by atoms with Gasteiger partial charge in [0.1, 0.15) is 5.58 Å². The molecule has 1 N–H and O–H groups in total. The van der Waals surface area contributed by atoms with Crippen LogP contribution < -0.4 is 5.63 Å². The molecule has 0 aliphatic rings. The normalized spacial score (nSPS) is 10.5. The molecular weight excluding hydrogens is 168 g/mol. The van der Waals surface area contributed by atoms with Gasteiger partial charge in [-0.2, -0.15) is 0 Å². The van der Waals surface area contributed by atoms with E-state index in [0.29, 0.717) is 11.1 Å². The lowest BCUT2D eigenvalue weighted by molar-refractivity contribution is 0.282. The van der Waals surface area contributed by atoms with Crippen molar-refractivity contribution < 1.29 is 9.52 Å². The Morgan fingerprint density at radius 3 is 2.85 bits per heavy atom. The van der Waals surface area contributed by atoms with E-state index in [9.17, 15) is 4.79 Å². The lowest BCUT2D eigenvalue weighted by atomic mass is 10.1. The third kappa shape index (κ3) is 1.34. The zero-order valence-corrected chi connectivity index (χ0v) is 6.86. The first-order valence-corrected chi connectivity index (χ1v) is 3.94. The fourth-order valence-corrected chi connectivity index (χ4v) is 1.31. The van der Waals surface area contributed by atoms with Crippen LogP contribution in [0.2, 0.25) is 0 Å². The Labute approximate surface area is 74.2 Å². The molecule has 0 aliphatic heterocycles. The maximum atomic E-state index is 11.0. The standard InChI is InChI=1S/C10H8O3/c11-6-7-5-10(12)13-9-4-2-1-3-8(7)9/h1-5,11H,6H2. The Morgan fingerprint density at radius 1 is 1.31 bits per heavy atom. The molecular formula is C10H8O3. The van der Waals surface area contributed by atoms with Gasteiger partial charge < -0.3 is 9.52 Å². The van der Waals surface area contributed by atoms with Crippen molar-refractivity contribution in [2.24, 2.45) is 0 Å². The fourth-order valence-electron chi connectivity index (χ4n) is 1.31. The summed E-state index contributed by atoms with van der Waals surface area (Å²) in [6, 6.07) is 8.44. The Kier molecular flexibility index (Phi) is 1.87. The monoisotopic (exact) mass is 176 g/mol. The number of para-hydroxylation sites is 1. The largest absolute Gasteiger partial charge is 0.423 e. The van der Waals surface area contributed by atoms with Gasteiger partial charge in [0.25, 0.3) is 0 Å². The molecule has 0 bridgehead atoms. The third-order valence-corrected chi connectivity index (χ3v) is 1.91. The van der Waals surface area contributed by atoms with Gasteiger partial charge in [0, 0.05) is 11.5 Å². The summed E-state index contributed by atoms with van der Waals surface area (Å²) >= 11 is 0. The number of fused-ring (bicyclic) bond motifs is 1. The second kappa shape index (κ2) is 3.03. The van der Waals surface area contributed by atoms with Crippen LogP contribution >= 0.6 is 0 Å². The molecule has 0 unspecified atom stereocenters. The van der Waals surface area contributed by atoms with Crippen molar-refractivity contribution in [2.45, 2.75) is 6.61 Å². The molecule has 0 saturated carbocycles. The summed E-state index contributed by atoms with van der Waals surface area (Å²) < 4.78 is 4.94. The zero-order chi connectivity index (χ0) is 9.26. The van der Waals surface area contributed by atoms with E-state index in [4.69, 9.17) is 9.52 Å². The molecule has 1 aromatic carbocycles. The average molecular weight is 176 g/mol. The first-order chi connectivity index (χ1) is 6.31. The van der Waals surface area contributed by atoms with E-state index in [0.717, 1.165) is 5.39 Å². The van der Waals surface area contributed by atoms with Crippen LogP contribution in [-0.2, 0) is 6.61 Å². The van der Waals surface area contributed by atoms with Gasteiger partial charge >= 0.3 is 5.63 Å². The summed E-state index contributed by atoms with van der Waals surface area (Å²) in [6.45, 7) is -0.147. The minimum atomic E-state index is -0.428. The van der Waals surface area contributed by atoms with E-state index >= 15 is 0 Å². The SMILES string of the molecule is O=c1cc(CO)c2ccccc2o1. The molecule has 0 spiro atoms. The lowest BCUT2D eigenvalue weighted by Crippen LogP contribution is -2.00. The summed E-state index contributed by atoms with van der Waals surface area (Å²) in [6.07, 6.45) is 0. The molecule has 2 aromatic rings. The van der Waals surface area contributed by atoms with Crippen molar-refractivity contribution in [2.75, 3.05) is 0 Å². The highest BCUT2D eigenvalue weighted by Crippen LogP contribution is 2.15. The van der Waals surface area contributed by atoms with Gasteiger partial charge in [-0.25, -0.2) is 4.79 Å². The van der Waals surface area contributed by atoms with Crippen molar-refractivity contribution >= 4 is 11.0 Å². The Hall–Kier alpha value is -1.61. The first kappa shape index (κ1) is 8.01. The number of benzene rings is 1. The van der Waals surface area contributed by atoms with Crippen molar-refractivity contribution in [1.29, 1.82) is 0 Å². The molecule has 0 saturated heterocycles. The van der Waals surface area contributed by atoms with Crippen LogP contribution in [0.4, 0.5) is 0 Å². The smallest absolute Gasteiger partial charge is 0.336 e.